The predicted molar refractivity (Wildman–Crippen MR) is 129 cm³/mol. The summed E-state index contributed by atoms with van der Waals surface area (Å²) < 4.78 is 5.60. The van der Waals surface area contributed by atoms with E-state index in [0.29, 0.717) is 12.0 Å². The largest absolute Gasteiger partial charge is 0.445 e. The fourth-order valence-electron chi connectivity index (χ4n) is 7.63. The Bertz CT molecular complexity index is 1100. The third-order valence-corrected chi connectivity index (χ3v) is 9.58. The summed E-state index contributed by atoms with van der Waals surface area (Å²) in [7, 11) is 0. The van der Waals surface area contributed by atoms with Crippen LogP contribution < -0.4 is 0 Å². The first kappa shape index (κ1) is 19.8. The number of piperidine rings is 1. The van der Waals surface area contributed by atoms with Gasteiger partial charge < -0.3 is 9.64 Å². The van der Waals surface area contributed by atoms with Crippen LogP contribution in [0.15, 0.2) is 70.4 Å². The van der Waals surface area contributed by atoms with E-state index >= 15 is 0 Å². The lowest BCUT2D eigenvalue weighted by Crippen LogP contribution is -2.57. The lowest BCUT2D eigenvalue weighted by atomic mass is 9.39. The molecule has 1 amide bonds. The molecule has 5 fully saturated rings. The summed E-state index contributed by atoms with van der Waals surface area (Å²) in [6, 6.07) is 9.92. The predicted octanol–water partition coefficient (Wildman–Crippen LogP) is 6.21. The Morgan fingerprint density at radius 2 is 1.91 bits per heavy atom. The number of hydrogen-bond acceptors (Lipinski definition) is 3. The normalized spacial score (nSPS) is 32.9. The molecule has 2 bridgehead atoms. The minimum Gasteiger partial charge on any atom is -0.445 e. The number of carbonyl (C=O) groups is 1. The highest BCUT2D eigenvalue weighted by Crippen LogP contribution is 2.70. The summed E-state index contributed by atoms with van der Waals surface area (Å²) in [5.74, 6) is 1.91. The molecule has 2 heterocycles. The summed E-state index contributed by atoms with van der Waals surface area (Å²) in [4.78, 5) is 19.8. The number of allylic oxidation sites excluding steroid dienone is 5. The van der Waals surface area contributed by atoms with Crippen LogP contribution in [-0.2, 0) is 11.3 Å². The standard InChI is InChI=1S/C29H32N2O2/c32-27(33-19-20-5-2-1-3-6-20)31-13-11-28(12-14-31)10-4-7-24-26(28)23-9-8-22(15-25(23)30-24)29-16-21(17-29)18-29/h1-7,10,21-22H,8-9,11-19H2. The van der Waals surface area contributed by atoms with Crippen LogP contribution in [0.3, 0.4) is 0 Å². The van der Waals surface area contributed by atoms with Crippen molar-refractivity contribution in [2.75, 3.05) is 13.1 Å². The first-order valence-electron chi connectivity index (χ1n) is 12.8. The molecule has 1 spiro atoms. The van der Waals surface area contributed by atoms with Crippen LogP contribution in [0.5, 0.6) is 0 Å². The molecule has 1 saturated heterocycles. The highest BCUT2D eigenvalue weighted by Gasteiger charge is 2.60. The number of rotatable bonds is 3. The smallest absolute Gasteiger partial charge is 0.410 e. The van der Waals surface area contributed by atoms with Gasteiger partial charge in [0.05, 0.1) is 5.70 Å². The number of benzene rings is 1. The highest BCUT2D eigenvalue weighted by atomic mass is 16.6. The van der Waals surface area contributed by atoms with E-state index in [4.69, 9.17) is 9.73 Å². The number of hydrogen-bond donors (Lipinski definition) is 0. The van der Waals surface area contributed by atoms with E-state index in [1.54, 1.807) is 5.57 Å². The fraction of sp³-hybridized carbons (Fsp3) is 0.517. The van der Waals surface area contributed by atoms with Crippen LogP contribution >= 0.6 is 0 Å². The molecule has 0 radical (unpaired) electrons. The number of aliphatic imine (C=N–C) groups is 1. The second kappa shape index (κ2) is 7.19. The molecule has 4 heteroatoms. The fourth-order valence-corrected chi connectivity index (χ4v) is 7.63. The lowest BCUT2D eigenvalue weighted by molar-refractivity contribution is -0.152. The van der Waals surface area contributed by atoms with E-state index in [2.05, 4.69) is 18.2 Å². The zero-order chi connectivity index (χ0) is 22.0. The van der Waals surface area contributed by atoms with E-state index in [9.17, 15) is 4.79 Å². The minimum atomic E-state index is -0.190. The molecule has 4 nitrogen and oxygen atoms in total. The Morgan fingerprint density at radius 3 is 2.64 bits per heavy atom. The molecule has 4 saturated carbocycles. The Hall–Kier alpha value is -2.62. The number of nitrogens with zero attached hydrogens (tertiary/aromatic N) is 2. The van der Waals surface area contributed by atoms with Gasteiger partial charge in [-0.25, -0.2) is 4.79 Å². The Balaban J connectivity index is 1.04. The van der Waals surface area contributed by atoms with Gasteiger partial charge in [-0.3, -0.25) is 4.99 Å². The van der Waals surface area contributed by atoms with E-state index < -0.39 is 0 Å². The molecule has 33 heavy (non-hydrogen) atoms. The van der Waals surface area contributed by atoms with Gasteiger partial charge in [0.1, 0.15) is 6.61 Å². The molecule has 1 unspecified atom stereocenters. The third-order valence-electron chi connectivity index (χ3n) is 9.58. The monoisotopic (exact) mass is 440 g/mol. The second-order valence-corrected chi connectivity index (χ2v) is 11.3. The summed E-state index contributed by atoms with van der Waals surface area (Å²) >= 11 is 0. The second-order valence-electron chi connectivity index (χ2n) is 11.3. The molecule has 1 aromatic rings. The SMILES string of the molecule is O=C(OCc1ccccc1)N1CCC2(C=CC=C3N=C4CC(C56CC(C5)C6)CCC4=C32)CC1. The summed E-state index contributed by atoms with van der Waals surface area (Å²) in [6.45, 7) is 1.82. The van der Waals surface area contributed by atoms with Crippen LogP contribution in [0.25, 0.3) is 0 Å². The summed E-state index contributed by atoms with van der Waals surface area (Å²) in [5.41, 5.74) is 7.39. The van der Waals surface area contributed by atoms with Crippen molar-refractivity contribution in [1.82, 2.24) is 4.90 Å². The topological polar surface area (TPSA) is 41.9 Å². The quantitative estimate of drug-likeness (QED) is 0.561. The maximum atomic E-state index is 12.7. The Labute approximate surface area is 196 Å². The van der Waals surface area contributed by atoms with Crippen molar-refractivity contribution in [2.24, 2.45) is 27.7 Å². The maximum absolute atomic E-state index is 12.7. The van der Waals surface area contributed by atoms with Crippen LogP contribution in [0.2, 0.25) is 0 Å². The lowest BCUT2D eigenvalue weighted by Gasteiger charge is -2.66. The van der Waals surface area contributed by atoms with Crippen molar-refractivity contribution < 1.29 is 9.53 Å². The average molecular weight is 441 g/mol. The van der Waals surface area contributed by atoms with Crippen molar-refractivity contribution in [1.29, 1.82) is 0 Å². The van der Waals surface area contributed by atoms with Gasteiger partial charge >= 0.3 is 6.09 Å². The molecule has 7 aliphatic rings. The van der Waals surface area contributed by atoms with Gasteiger partial charge in [0.25, 0.3) is 0 Å². The summed E-state index contributed by atoms with van der Waals surface area (Å²) in [5, 5.41) is 0. The van der Waals surface area contributed by atoms with Crippen molar-refractivity contribution in [2.45, 2.75) is 58.0 Å². The van der Waals surface area contributed by atoms with Crippen LogP contribution in [-0.4, -0.2) is 29.8 Å². The molecular weight excluding hydrogens is 408 g/mol. The van der Waals surface area contributed by atoms with Gasteiger partial charge in [0.15, 0.2) is 0 Å². The maximum Gasteiger partial charge on any atom is 0.410 e. The number of ether oxygens (including phenoxy) is 1. The molecule has 170 valence electrons. The van der Waals surface area contributed by atoms with Crippen LogP contribution in [0, 0.1) is 22.7 Å². The highest BCUT2D eigenvalue weighted by molar-refractivity contribution is 6.06. The minimum absolute atomic E-state index is 0.0318. The molecule has 5 aliphatic carbocycles. The first-order chi connectivity index (χ1) is 16.1. The van der Waals surface area contributed by atoms with Gasteiger partial charge in [-0.1, -0.05) is 42.5 Å². The number of amides is 1. The molecule has 0 N–H and O–H groups in total. The molecule has 0 aromatic heterocycles. The zero-order valence-corrected chi connectivity index (χ0v) is 19.3. The molecule has 8 rings (SSSR count). The van der Waals surface area contributed by atoms with Gasteiger partial charge in [0, 0.05) is 24.2 Å². The third kappa shape index (κ3) is 3.02. The van der Waals surface area contributed by atoms with Crippen molar-refractivity contribution >= 4 is 11.8 Å². The van der Waals surface area contributed by atoms with Crippen LogP contribution in [0.1, 0.15) is 56.9 Å². The molecule has 1 atom stereocenters. The first-order valence-corrected chi connectivity index (χ1v) is 12.8. The van der Waals surface area contributed by atoms with Crippen molar-refractivity contribution in [3.05, 3.63) is 71.0 Å². The molecule has 2 aliphatic heterocycles. The number of fused-ring (bicyclic) bond motifs is 3. The zero-order valence-electron chi connectivity index (χ0n) is 19.3. The van der Waals surface area contributed by atoms with Gasteiger partial charge in [0.2, 0.25) is 0 Å². The van der Waals surface area contributed by atoms with E-state index in [0.717, 1.165) is 43.3 Å². The van der Waals surface area contributed by atoms with Gasteiger partial charge in [-0.05, 0) is 91.4 Å². The van der Waals surface area contributed by atoms with Gasteiger partial charge in [-0.15, -0.1) is 0 Å². The number of likely N-dealkylation sites (tertiary alicyclic amines) is 1. The number of carbonyl (C=O) groups excluding carboxylic acids is 1. The van der Waals surface area contributed by atoms with Crippen LogP contribution in [0.4, 0.5) is 4.79 Å². The van der Waals surface area contributed by atoms with Crippen molar-refractivity contribution in [3.63, 3.8) is 0 Å². The Kier molecular flexibility index (Phi) is 4.32. The van der Waals surface area contributed by atoms with Crippen molar-refractivity contribution in [3.8, 4) is 0 Å². The van der Waals surface area contributed by atoms with Gasteiger partial charge in [-0.2, -0.15) is 0 Å². The molecule has 1 aromatic carbocycles. The molecular formula is C29H32N2O2. The Morgan fingerprint density at radius 1 is 1.12 bits per heavy atom. The summed E-state index contributed by atoms with van der Waals surface area (Å²) in [6.07, 6.45) is 16.7. The van der Waals surface area contributed by atoms with E-state index in [1.807, 2.05) is 35.2 Å². The van der Waals surface area contributed by atoms with E-state index in [-0.39, 0.29) is 11.5 Å². The average Bonchev–Trinajstić information content (AvgIpc) is 3.16. The van der Waals surface area contributed by atoms with E-state index in [1.165, 1.54) is 55.5 Å².